The van der Waals surface area contributed by atoms with Crippen LogP contribution in [-0.4, -0.2) is 66.1 Å². The van der Waals surface area contributed by atoms with Gasteiger partial charge in [0.2, 0.25) is 0 Å². The van der Waals surface area contributed by atoms with Gasteiger partial charge in [-0.3, -0.25) is 0 Å². The van der Waals surface area contributed by atoms with E-state index in [0.717, 1.165) is 53.3 Å². The average molecular weight is 393 g/mol. The number of piperazine rings is 1. The minimum absolute atomic E-state index is 0.760. The molecule has 5 heteroatoms. The number of hydrogen-bond donors (Lipinski definition) is 1. The molecule has 0 aliphatic carbocycles. The summed E-state index contributed by atoms with van der Waals surface area (Å²) in [6.45, 7) is 12.9. The number of aromatic amines is 1. The molecule has 1 N–H and O–H groups in total. The second-order valence-electron chi connectivity index (χ2n) is 8.32. The Morgan fingerprint density at radius 3 is 2.55 bits per heavy atom. The number of imidazole rings is 1. The third-order valence-corrected chi connectivity index (χ3v) is 6.10. The van der Waals surface area contributed by atoms with E-state index in [2.05, 4.69) is 72.9 Å². The number of aromatic nitrogens is 2. The van der Waals surface area contributed by atoms with Gasteiger partial charge in [-0.05, 0) is 75.2 Å². The first kappa shape index (κ1) is 19.9. The Morgan fingerprint density at radius 1 is 1.00 bits per heavy atom. The Morgan fingerprint density at radius 2 is 1.79 bits per heavy atom. The van der Waals surface area contributed by atoms with Crippen LogP contribution in [0.2, 0.25) is 0 Å². The van der Waals surface area contributed by atoms with Crippen LogP contribution in [0.15, 0.2) is 30.3 Å². The van der Waals surface area contributed by atoms with Crippen LogP contribution in [0.4, 0.5) is 0 Å². The Kier molecular flexibility index (Phi) is 5.88. The number of hydrogen-bond acceptors (Lipinski definition) is 4. The van der Waals surface area contributed by atoms with E-state index in [1.807, 2.05) is 0 Å². The molecule has 154 valence electrons. The first-order valence-electron chi connectivity index (χ1n) is 10.6. The monoisotopic (exact) mass is 392 g/mol. The van der Waals surface area contributed by atoms with Crippen LogP contribution in [0.1, 0.15) is 23.1 Å². The zero-order valence-electron chi connectivity index (χ0n) is 18.1. The van der Waals surface area contributed by atoms with Gasteiger partial charge < -0.3 is 19.5 Å². The van der Waals surface area contributed by atoms with Crippen molar-refractivity contribution in [2.24, 2.45) is 0 Å². The molecule has 2 aromatic carbocycles. The highest BCUT2D eigenvalue weighted by Crippen LogP contribution is 2.28. The van der Waals surface area contributed by atoms with E-state index in [0.29, 0.717) is 0 Å². The van der Waals surface area contributed by atoms with E-state index < -0.39 is 0 Å². The SMILES string of the molecule is Cc1cc(-c2nc3c(C)c(C)ccc3[nH]2)ccc1OCCCN1CCN(C)CC1. The molecule has 0 atom stereocenters. The molecule has 0 radical (unpaired) electrons. The van der Waals surface area contributed by atoms with E-state index >= 15 is 0 Å². The van der Waals surface area contributed by atoms with Crippen molar-refractivity contribution >= 4 is 11.0 Å². The maximum absolute atomic E-state index is 6.07. The first-order chi connectivity index (χ1) is 14.0. The topological polar surface area (TPSA) is 44.4 Å². The fourth-order valence-electron chi connectivity index (χ4n) is 3.95. The zero-order chi connectivity index (χ0) is 20.4. The van der Waals surface area contributed by atoms with Crippen molar-refractivity contribution < 1.29 is 4.74 Å². The molecule has 3 aromatic rings. The van der Waals surface area contributed by atoms with Gasteiger partial charge in [0.1, 0.15) is 11.6 Å². The molecule has 5 nitrogen and oxygen atoms in total. The quantitative estimate of drug-likeness (QED) is 0.640. The van der Waals surface area contributed by atoms with Crippen LogP contribution in [0.25, 0.3) is 22.4 Å². The lowest BCUT2D eigenvalue weighted by atomic mass is 10.1. The summed E-state index contributed by atoms with van der Waals surface area (Å²) in [5.74, 6) is 1.88. The second kappa shape index (κ2) is 8.56. The number of H-pyrrole nitrogens is 1. The van der Waals surface area contributed by atoms with Crippen LogP contribution < -0.4 is 4.74 Å². The zero-order valence-corrected chi connectivity index (χ0v) is 18.1. The van der Waals surface area contributed by atoms with Crippen LogP contribution >= 0.6 is 0 Å². The normalized spacial score (nSPS) is 15.9. The molecular weight excluding hydrogens is 360 g/mol. The van der Waals surface area contributed by atoms with Gasteiger partial charge in [0.25, 0.3) is 0 Å². The third kappa shape index (κ3) is 4.46. The minimum Gasteiger partial charge on any atom is -0.493 e. The lowest BCUT2D eigenvalue weighted by molar-refractivity contribution is 0.145. The van der Waals surface area contributed by atoms with E-state index in [1.165, 1.54) is 37.3 Å². The van der Waals surface area contributed by atoms with Gasteiger partial charge in [-0.1, -0.05) is 6.07 Å². The fraction of sp³-hybridized carbons (Fsp3) is 0.458. The van der Waals surface area contributed by atoms with E-state index in [1.54, 1.807) is 0 Å². The van der Waals surface area contributed by atoms with Crippen molar-refractivity contribution in [2.75, 3.05) is 46.4 Å². The summed E-state index contributed by atoms with van der Waals surface area (Å²) in [5, 5.41) is 0. The highest BCUT2D eigenvalue weighted by atomic mass is 16.5. The Hall–Kier alpha value is -2.37. The summed E-state index contributed by atoms with van der Waals surface area (Å²) in [4.78, 5) is 13.2. The number of fused-ring (bicyclic) bond motifs is 1. The molecule has 0 spiro atoms. The summed E-state index contributed by atoms with van der Waals surface area (Å²) in [6, 6.07) is 10.6. The molecular formula is C24H32N4O. The Labute approximate surface area is 173 Å². The number of rotatable bonds is 6. The molecule has 1 fully saturated rings. The lowest BCUT2D eigenvalue weighted by Gasteiger charge is -2.32. The highest BCUT2D eigenvalue weighted by molar-refractivity contribution is 5.83. The van der Waals surface area contributed by atoms with Crippen molar-refractivity contribution in [2.45, 2.75) is 27.2 Å². The smallest absolute Gasteiger partial charge is 0.138 e. The van der Waals surface area contributed by atoms with Crippen LogP contribution in [-0.2, 0) is 0 Å². The van der Waals surface area contributed by atoms with Crippen molar-refractivity contribution in [3.63, 3.8) is 0 Å². The van der Waals surface area contributed by atoms with Crippen LogP contribution in [0, 0.1) is 20.8 Å². The molecule has 0 bridgehead atoms. The van der Waals surface area contributed by atoms with Crippen molar-refractivity contribution in [1.82, 2.24) is 19.8 Å². The molecule has 29 heavy (non-hydrogen) atoms. The number of benzene rings is 2. The summed E-state index contributed by atoms with van der Waals surface area (Å²) in [7, 11) is 2.19. The van der Waals surface area contributed by atoms with Gasteiger partial charge in [0.15, 0.2) is 0 Å². The standard InChI is InChI=1S/C24H32N4O/c1-17-6-8-21-23(19(17)3)26-24(25-21)20-7-9-22(18(2)16-20)29-15-5-10-28-13-11-27(4)12-14-28/h6-9,16H,5,10-15H2,1-4H3,(H,25,26). The molecule has 0 saturated carbocycles. The van der Waals surface area contributed by atoms with Gasteiger partial charge in [0.05, 0.1) is 17.6 Å². The molecule has 1 aromatic heterocycles. The molecule has 4 rings (SSSR count). The van der Waals surface area contributed by atoms with E-state index in [-0.39, 0.29) is 0 Å². The predicted molar refractivity (Wildman–Crippen MR) is 120 cm³/mol. The van der Waals surface area contributed by atoms with Gasteiger partial charge in [0, 0.05) is 38.3 Å². The first-order valence-corrected chi connectivity index (χ1v) is 10.6. The second-order valence-corrected chi connectivity index (χ2v) is 8.32. The fourth-order valence-corrected chi connectivity index (χ4v) is 3.95. The molecule has 1 aliphatic heterocycles. The van der Waals surface area contributed by atoms with Gasteiger partial charge >= 0.3 is 0 Å². The predicted octanol–water partition coefficient (Wildman–Crippen LogP) is 4.17. The van der Waals surface area contributed by atoms with Crippen molar-refractivity contribution in [3.8, 4) is 17.1 Å². The van der Waals surface area contributed by atoms with Gasteiger partial charge in [-0.2, -0.15) is 0 Å². The number of nitrogens with one attached hydrogen (secondary N) is 1. The maximum Gasteiger partial charge on any atom is 0.138 e. The Balaban J connectivity index is 1.37. The number of nitrogens with zero attached hydrogens (tertiary/aromatic N) is 3. The largest absolute Gasteiger partial charge is 0.493 e. The molecule has 2 heterocycles. The molecule has 1 saturated heterocycles. The molecule has 1 aliphatic rings. The lowest BCUT2D eigenvalue weighted by Crippen LogP contribution is -2.44. The summed E-state index contributed by atoms with van der Waals surface area (Å²) >= 11 is 0. The highest BCUT2D eigenvalue weighted by Gasteiger charge is 2.13. The average Bonchev–Trinajstić information content (AvgIpc) is 3.15. The van der Waals surface area contributed by atoms with Gasteiger partial charge in [-0.15, -0.1) is 0 Å². The van der Waals surface area contributed by atoms with Crippen LogP contribution in [0.5, 0.6) is 5.75 Å². The van der Waals surface area contributed by atoms with Crippen LogP contribution in [0.3, 0.4) is 0 Å². The number of likely N-dealkylation sites (N-methyl/N-ethyl adjacent to an activating group) is 1. The Bertz CT molecular complexity index is 986. The summed E-state index contributed by atoms with van der Waals surface area (Å²) in [6.07, 6.45) is 1.06. The minimum atomic E-state index is 0.760. The van der Waals surface area contributed by atoms with E-state index in [9.17, 15) is 0 Å². The maximum atomic E-state index is 6.07. The van der Waals surface area contributed by atoms with Crippen molar-refractivity contribution in [1.29, 1.82) is 0 Å². The molecule has 0 unspecified atom stereocenters. The summed E-state index contributed by atoms with van der Waals surface area (Å²) < 4.78 is 6.07. The van der Waals surface area contributed by atoms with E-state index in [4.69, 9.17) is 9.72 Å². The summed E-state index contributed by atoms with van der Waals surface area (Å²) in [5.41, 5.74) is 6.90. The third-order valence-electron chi connectivity index (χ3n) is 6.10. The van der Waals surface area contributed by atoms with Gasteiger partial charge in [-0.25, -0.2) is 4.98 Å². The van der Waals surface area contributed by atoms with Crippen molar-refractivity contribution in [3.05, 3.63) is 47.0 Å². The number of ether oxygens (including phenoxy) is 1. The molecule has 0 amide bonds. The number of aryl methyl sites for hydroxylation is 3.